The number of carbonyl (C=O) groups excluding carboxylic acids is 3. The third kappa shape index (κ3) is 8.07. The molecule has 0 heterocycles. The summed E-state index contributed by atoms with van der Waals surface area (Å²) < 4.78 is 38.8. The van der Waals surface area contributed by atoms with Gasteiger partial charge in [0.25, 0.3) is 0 Å². The van der Waals surface area contributed by atoms with Crippen LogP contribution in [0.5, 0.6) is 0 Å². The van der Waals surface area contributed by atoms with Crippen LogP contribution in [-0.4, -0.2) is 44.3 Å². The van der Waals surface area contributed by atoms with E-state index in [1.807, 2.05) is 0 Å². The zero-order valence-electron chi connectivity index (χ0n) is 19.1. The third-order valence-electron chi connectivity index (χ3n) is 4.30. The largest absolute Gasteiger partial charge is 0.469 e. The molecule has 0 fully saturated rings. The van der Waals surface area contributed by atoms with Gasteiger partial charge in [-0.25, -0.2) is 0 Å². The third-order valence-corrected chi connectivity index (χ3v) is 6.83. The molecule has 0 amide bonds. The summed E-state index contributed by atoms with van der Waals surface area (Å²) in [5, 5.41) is 0. The highest BCUT2D eigenvalue weighted by molar-refractivity contribution is 7.54. The second-order valence-electron chi connectivity index (χ2n) is 9.29. The lowest BCUT2D eigenvalue weighted by Crippen LogP contribution is -2.37. The topological polar surface area (TPSA) is 114 Å². The molecule has 1 unspecified atom stereocenters. The molecule has 0 rings (SSSR count). The number of hydrogen-bond acceptors (Lipinski definition) is 9. The molecule has 0 aromatic heterocycles. The second-order valence-corrected chi connectivity index (χ2v) is 11.7. The fourth-order valence-corrected chi connectivity index (χ4v) is 3.65. The van der Waals surface area contributed by atoms with Crippen molar-refractivity contribution in [2.75, 3.05) is 20.7 Å². The van der Waals surface area contributed by atoms with Crippen LogP contribution in [-0.2, 0) is 42.2 Å². The molecule has 9 nitrogen and oxygen atoms in total. The van der Waals surface area contributed by atoms with Crippen LogP contribution in [0.2, 0.25) is 0 Å². The lowest BCUT2D eigenvalue weighted by atomic mass is 9.90. The van der Waals surface area contributed by atoms with E-state index in [9.17, 15) is 18.9 Å². The minimum atomic E-state index is -4.07. The van der Waals surface area contributed by atoms with Gasteiger partial charge in [0.1, 0.15) is 0 Å². The van der Waals surface area contributed by atoms with Gasteiger partial charge < -0.3 is 14.2 Å². The van der Waals surface area contributed by atoms with E-state index in [1.54, 1.807) is 41.5 Å². The Morgan fingerprint density at radius 1 is 0.759 bits per heavy atom. The molecule has 1 atom stereocenters. The molecule has 0 saturated carbocycles. The summed E-state index contributed by atoms with van der Waals surface area (Å²) in [7, 11) is -2.86. The van der Waals surface area contributed by atoms with Crippen molar-refractivity contribution < 1.29 is 42.2 Å². The Balaban J connectivity index is 5.41. The van der Waals surface area contributed by atoms with Gasteiger partial charge in [0.15, 0.2) is 0 Å². The molecule has 0 aromatic carbocycles. The van der Waals surface area contributed by atoms with E-state index in [-0.39, 0.29) is 0 Å². The smallest absolute Gasteiger partial charge is 0.340 e. The maximum absolute atomic E-state index is 13.4. The Bertz CT molecular complexity index is 605. The first-order chi connectivity index (χ1) is 12.9. The lowest BCUT2D eigenvalue weighted by molar-refractivity contribution is -0.163. The van der Waals surface area contributed by atoms with E-state index in [2.05, 4.69) is 0 Å². The molecule has 0 aliphatic heterocycles. The van der Waals surface area contributed by atoms with Gasteiger partial charge in [-0.1, -0.05) is 0 Å². The van der Waals surface area contributed by atoms with E-state index in [0.717, 1.165) is 0 Å². The highest BCUT2D eigenvalue weighted by Gasteiger charge is 2.48. The molecule has 29 heavy (non-hydrogen) atoms. The van der Waals surface area contributed by atoms with Gasteiger partial charge in [-0.15, -0.1) is 0 Å². The minimum Gasteiger partial charge on any atom is -0.469 e. The van der Waals surface area contributed by atoms with E-state index in [0.29, 0.717) is 0 Å². The SMILES string of the molecule is COC(=O)C(C)(C)C(C)P(=O)(OCOC(=O)C(C)(C)C)OCOC(=O)C(C)(C)C. The van der Waals surface area contributed by atoms with Crippen LogP contribution in [0.1, 0.15) is 62.3 Å². The first-order valence-electron chi connectivity index (χ1n) is 9.21. The Morgan fingerprint density at radius 3 is 1.38 bits per heavy atom. The van der Waals surface area contributed by atoms with Gasteiger partial charge in [-0.3, -0.25) is 28.0 Å². The van der Waals surface area contributed by atoms with Crippen molar-refractivity contribution in [2.24, 2.45) is 16.2 Å². The van der Waals surface area contributed by atoms with Crippen molar-refractivity contribution in [3.05, 3.63) is 0 Å². The summed E-state index contributed by atoms with van der Waals surface area (Å²) in [6.45, 7) is 13.1. The Labute approximate surface area is 173 Å². The number of ether oxygens (including phenoxy) is 3. The monoisotopic (exact) mass is 438 g/mol. The lowest BCUT2D eigenvalue weighted by Gasteiger charge is -2.33. The zero-order chi connectivity index (χ0) is 23.3. The van der Waals surface area contributed by atoms with Crippen molar-refractivity contribution >= 4 is 25.5 Å². The average molecular weight is 438 g/mol. The van der Waals surface area contributed by atoms with Crippen molar-refractivity contribution in [1.82, 2.24) is 0 Å². The molecule has 0 aromatic rings. The van der Waals surface area contributed by atoms with E-state index in [1.165, 1.54) is 27.9 Å². The number of methoxy groups -OCH3 is 1. The molecule has 10 heteroatoms. The van der Waals surface area contributed by atoms with Crippen LogP contribution in [0.15, 0.2) is 0 Å². The predicted molar refractivity (Wildman–Crippen MR) is 106 cm³/mol. The van der Waals surface area contributed by atoms with E-state index in [4.69, 9.17) is 23.3 Å². The van der Waals surface area contributed by atoms with Gasteiger partial charge in [-0.2, -0.15) is 0 Å². The first-order valence-corrected chi connectivity index (χ1v) is 10.8. The van der Waals surface area contributed by atoms with Crippen molar-refractivity contribution in [3.8, 4) is 0 Å². The van der Waals surface area contributed by atoms with Crippen LogP contribution < -0.4 is 0 Å². The second kappa shape index (κ2) is 10.0. The van der Waals surface area contributed by atoms with Crippen molar-refractivity contribution in [3.63, 3.8) is 0 Å². The normalized spacial score (nSPS) is 14.1. The first kappa shape index (κ1) is 27.6. The Kier molecular flexibility index (Phi) is 9.55. The van der Waals surface area contributed by atoms with Gasteiger partial charge in [0, 0.05) is 0 Å². The zero-order valence-corrected chi connectivity index (χ0v) is 20.0. The van der Waals surface area contributed by atoms with E-state index >= 15 is 0 Å². The van der Waals surface area contributed by atoms with Crippen LogP contribution in [0.4, 0.5) is 0 Å². The molecule has 0 aliphatic rings. The van der Waals surface area contributed by atoms with Crippen LogP contribution in [0.25, 0.3) is 0 Å². The van der Waals surface area contributed by atoms with Crippen molar-refractivity contribution in [2.45, 2.75) is 68.0 Å². The van der Waals surface area contributed by atoms with Crippen molar-refractivity contribution in [1.29, 1.82) is 0 Å². The standard InChI is InChI=1S/C19H35O9P/c1-13(19(8,9)16(22)24-10)29(23,27-11-25-14(20)17(2,3)4)28-12-26-15(21)18(5,6)7/h13H,11-12H2,1-10H3. The molecule has 0 saturated heterocycles. The molecule has 170 valence electrons. The molecular formula is C19H35O9P. The maximum Gasteiger partial charge on any atom is 0.340 e. The fourth-order valence-electron chi connectivity index (χ4n) is 1.83. The predicted octanol–water partition coefficient (Wildman–Crippen LogP) is 3.89. The highest BCUT2D eigenvalue weighted by atomic mass is 31.2. The van der Waals surface area contributed by atoms with Crippen LogP contribution >= 0.6 is 7.60 Å². The summed E-state index contributed by atoms with van der Waals surface area (Å²) in [6, 6.07) is 0. The molecule has 0 N–H and O–H groups in total. The van der Waals surface area contributed by atoms with Gasteiger partial charge >= 0.3 is 25.5 Å². The molecule has 0 aliphatic carbocycles. The van der Waals surface area contributed by atoms with Crippen LogP contribution in [0, 0.1) is 16.2 Å². The molecular weight excluding hydrogens is 403 g/mol. The number of hydrogen-bond donors (Lipinski definition) is 0. The number of carbonyl (C=O) groups is 3. The number of rotatable bonds is 9. The summed E-state index contributed by atoms with van der Waals surface area (Å²) in [6.07, 6.45) is 0. The summed E-state index contributed by atoms with van der Waals surface area (Å²) in [5.74, 6) is -1.76. The van der Waals surface area contributed by atoms with Crippen LogP contribution in [0.3, 0.4) is 0 Å². The molecule has 0 radical (unpaired) electrons. The Morgan fingerprint density at radius 2 is 1.10 bits per heavy atom. The molecule has 0 bridgehead atoms. The minimum absolute atomic E-state index is 0.567. The molecule has 0 spiro atoms. The summed E-state index contributed by atoms with van der Waals surface area (Å²) in [4.78, 5) is 35.9. The maximum atomic E-state index is 13.4. The number of esters is 3. The van der Waals surface area contributed by atoms with Gasteiger partial charge in [0.2, 0.25) is 13.6 Å². The highest BCUT2D eigenvalue weighted by Crippen LogP contribution is 2.58. The van der Waals surface area contributed by atoms with Gasteiger partial charge in [0.05, 0.1) is 29.0 Å². The summed E-state index contributed by atoms with van der Waals surface area (Å²) >= 11 is 0. The van der Waals surface area contributed by atoms with Gasteiger partial charge in [-0.05, 0) is 62.3 Å². The Hall–Kier alpha value is -1.44. The quantitative estimate of drug-likeness (QED) is 0.229. The fraction of sp³-hybridized carbons (Fsp3) is 0.842. The summed E-state index contributed by atoms with van der Waals surface area (Å²) in [5.41, 5.74) is -3.82. The average Bonchev–Trinajstić information content (AvgIpc) is 2.58. The van der Waals surface area contributed by atoms with E-state index < -0.39 is 61.0 Å².